The zero-order chi connectivity index (χ0) is 25.4. The van der Waals surface area contributed by atoms with E-state index in [1.54, 1.807) is 41.8 Å². The molecule has 1 amide bonds. The minimum Gasteiger partial charge on any atom is -0.505 e. The predicted octanol–water partition coefficient (Wildman–Crippen LogP) is 2.72. The number of carbonyl (C=O) groups is 3. The van der Waals surface area contributed by atoms with Crippen molar-refractivity contribution in [2.24, 2.45) is 0 Å². The number of nitrogens with zero attached hydrogens (tertiary/aromatic N) is 4. The van der Waals surface area contributed by atoms with Gasteiger partial charge in [0.05, 0.1) is 30.0 Å². The highest BCUT2D eigenvalue weighted by Crippen LogP contribution is 2.40. The van der Waals surface area contributed by atoms with Crippen LogP contribution in [0.1, 0.15) is 38.9 Å². The average molecular weight is 477 g/mol. The Morgan fingerprint density at radius 1 is 1.14 bits per heavy atom. The SMILES string of the molecule is COC(=O)c1ccc([C@H]2C(=C(O)c3c(C)nc4c(C)cccn34)C(=O)C(=O)N2CCN(C)C)cc1. The summed E-state index contributed by atoms with van der Waals surface area (Å²) in [4.78, 5) is 46.3. The smallest absolute Gasteiger partial charge is 0.337 e. The van der Waals surface area contributed by atoms with Crippen LogP contribution in [0.4, 0.5) is 0 Å². The van der Waals surface area contributed by atoms with Gasteiger partial charge in [-0.05, 0) is 57.3 Å². The molecule has 1 aliphatic rings. The van der Waals surface area contributed by atoms with Crippen LogP contribution in [0.25, 0.3) is 11.4 Å². The molecule has 0 saturated carbocycles. The van der Waals surface area contributed by atoms with E-state index >= 15 is 0 Å². The Balaban J connectivity index is 1.91. The van der Waals surface area contributed by atoms with Gasteiger partial charge in [0.15, 0.2) is 5.76 Å². The van der Waals surface area contributed by atoms with Gasteiger partial charge in [0.2, 0.25) is 0 Å². The fourth-order valence-corrected chi connectivity index (χ4v) is 4.41. The molecule has 9 heteroatoms. The number of methoxy groups -OCH3 is 1. The molecule has 1 fully saturated rings. The Morgan fingerprint density at radius 3 is 2.46 bits per heavy atom. The highest BCUT2D eigenvalue weighted by atomic mass is 16.5. The summed E-state index contributed by atoms with van der Waals surface area (Å²) in [6.45, 7) is 4.47. The molecule has 3 heterocycles. The first-order valence-electron chi connectivity index (χ1n) is 11.2. The van der Waals surface area contributed by atoms with Gasteiger partial charge in [-0.15, -0.1) is 0 Å². The second-order valence-electron chi connectivity index (χ2n) is 8.84. The number of aryl methyl sites for hydroxylation is 2. The van der Waals surface area contributed by atoms with Crippen molar-refractivity contribution in [3.63, 3.8) is 0 Å². The molecule has 1 aromatic carbocycles. The van der Waals surface area contributed by atoms with Gasteiger partial charge in [0, 0.05) is 19.3 Å². The lowest BCUT2D eigenvalue weighted by Crippen LogP contribution is -2.35. The number of amides is 1. The Bertz CT molecular complexity index is 1350. The highest BCUT2D eigenvalue weighted by Gasteiger charge is 2.46. The molecule has 3 aromatic rings. The third-order valence-electron chi connectivity index (χ3n) is 6.22. The quantitative estimate of drug-likeness (QED) is 0.252. The number of carbonyl (C=O) groups excluding carboxylic acids is 3. The monoisotopic (exact) mass is 476 g/mol. The minimum atomic E-state index is -0.823. The van der Waals surface area contributed by atoms with Gasteiger partial charge < -0.3 is 19.6 Å². The minimum absolute atomic E-state index is 0.00835. The predicted molar refractivity (Wildman–Crippen MR) is 130 cm³/mol. The first-order valence-corrected chi connectivity index (χ1v) is 11.2. The Kier molecular flexibility index (Phi) is 6.45. The molecule has 1 saturated heterocycles. The number of fused-ring (bicyclic) bond motifs is 1. The molecule has 0 bridgehead atoms. The summed E-state index contributed by atoms with van der Waals surface area (Å²) in [6, 6.07) is 9.42. The number of esters is 1. The Hall–Kier alpha value is -3.98. The van der Waals surface area contributed by atoms with E-state index in [9.17, 15) is 19.5 Å². The molecule has 0 aliphatic carbocycles. The Morgan fingerprint density at radius 2 is 1.83 bits per heavy atom. The first kappa shape index (κ1) is 24.2. The molecule has 2 aromatic heterocycles. The number of likely N-dealkylation sites (N-methyl/N-ethyl adjacent to an activating group) is 1. The van der Waals surface area contributed by atoms with E-state index in [2.05, 4.69) is 4.98 Å². The number of hydrogen-bond acceptors (Lipinski definition) is 7. The number of aromatic nitrogens is 2. The third kappa shape index (κ3) is 4.19. The number of benzene rings is 1. The lowest BCUT2D eigenvalue weighted by molar-refractivity contribution is -0.140. The molecule has 1 N–H and O–H groups in total. The van der Waals surface area contributed by atoms with Crippen LogP contribution < -0.4 is 0 Å². The van der Waals surface area contributed by atoms with Crippen LogP contribution in [-0.2, 0) is 14.3 Å². The maximum Gasteiger partial charge on any atom is 0.337 e. The number of aliphatic hydroxyl groups excluding tert-OH is 1. The van der Waals surface area contributed by atoms with E-state index in [0.29, 0.717) is 34.7 Å². The van der Waals surface area contributed by atoms with E-state index in [-0.39, 0.29) is 17.9 Å². The summed E-state index contributed by atoms with van der Waals surface area (Å²) in [5, 5.41) is 11.5. The first-order chi connectivity index (χ1) is 16.6. The molecule has 35 heavy (non-hydrogen) atoms. The molecular formula is C26H28N4O5. The second kappa shape index (κ2) is 9.34. The fraction of sp³-hybridized carbons (Fsp3) is 0.308. The number of likely N-dealkylation sites (tertiary alicyclic amines) is 1. The summed E-state index contributed by atoms with van der Waals surface area (Å²) in [5.74, 6) is -2.22. The molecular weight excluding hydrogens is 448 g/mol. The van der Waals surface area contributed by atoms with Crippen molar-refractivity contribution >= 4 is 29.1 Å². The van der Waals surface area contributed by atoms with E-state index < -0.39 is 23.7 Å². The van der Waals surface area contributed by atoms with Gasteiger partial charge in [-0.25, -0.2) is 9.78 Å². The zero-order valence-corrected chi connectivity index (χ0v) is 20.4. The van der Waals surface area contributed by atoms with Crippen molar-refractivity contribution in [3.05, 3.63) is 76.2 Å². The molecule has 182 valence electrons. The van der Waals surface area contributed by atoms with Crippen LogP contribution in [-0.4, -0.2) is 76.2 Å². The number of ketones is 1. The van der Waals surface area contributed by atoms with Gasteiger partial charge >= 0.3 is 5.97 Å². The van der Waals surface area contributed by atoms with E-state index in [4.69, 9.17) is 4.74 Å². The standard InChI is InChI=1S/C26H28N4O5/c1-15-7-6-12-29-20(16(2)27-24(15)29)22(31)19-21(17-8-10-18(11-9-17)26(34)35-5)30(14-13-28(3)4)25(33)23(19)32/h6-12,21,31H,13-14H2,1-5H3/t21-/m0/s1. The number of aliphatic hydroxyl groups is 1. The average Bonchev–Trinajstić information content (AvgIpc) is 3.31. The van der Waals surface area contributed by atoms with Crippen molar-refractivity contribution < 1.29 is 24.2 Å². The summed E-state index contributed by atoms with van der Waals surface area (Å²) < 4.78 is 6.50. The lowest BCUT2D eigenvalue weighted by atomic mass is 9.95. The molecule has 1 aliphatic heterocycles. The van der Waals surface area contributed by atoms with Crippen molar-refractivity contribution in [3.8, 4) is 0 Å². The number of imidazole rings is 1. The molecule has 0 spiro atoms. The van der Waals surface area contributed by atoms with Gasteiger partial charge in [-0.2, -0.15) is 0 Å². The van der Waals surface area contributed by atoms with Crippen molar-refractivity contribution in [1.29, 1.82) is 0 Å². The summed E-state index contributed by atoms with van der Waals surface area (Å²) >= 11 is 0. The van der Waals surface area contributed by atoms with Crippen molar-refractivity contribution in [2.45, 2.75) is 19.9 Å². The molecule has 9 nitrogen and oxygen atoms in total. The van der Waals surface area contributed by atoms with Crippen LogP contribution >= 0.6 is 0 Å². The second-order valence-corrected chi connectivity index (χ2v) is 8.84. The van der Waals surface area contributed by atoms with Crippen molar-refractivity contribution in [1.82, 2.24) is 19.2 Å². The van der Waals surface area contributed by atoms with Crippen LogP contribution in [0.2, 0.25) is 0 Å². The van der Waals surface area contributed by atoms with Crippen molar-refractivity contribution in [2.75, 3.05) is 34.3 Å². The summed E-state index contributed by atoms with van der Waals surface area (Å²) in [5.41, 5.74) is 3.41. The molecule has 0 radical (unpaired) electrons. The van der Waals surface area contributed by atoms with Crippen LogP contribution in [0.15, 0.2) is 48.2 Å². The summed E-state index contributed by atoms with van der Waals surface area (Å²) in [6.07, 6.45) is 1.76. The largest absolute Gasteiger partial charge is 0.505 e. The topological polar surface area (TPSA) is 104 Å². The van der Waals surface area contributed by atoms with Gasteiger partial charge in [-0.1, -0.05) is 18.2 Å². The van der Waals surface area contributed by atoms with E-state index in [0.717, 1.165) is 5.56 Å². The normalized spacial score (nSPS) is 17.5. The maximum atomic E-state index is 13.3. The molecule has 0 unspecified atom stereocenters. The summed E-state index contributed by atoms with van der Waals surface area (Å²) in [7, 11) is 5.05. The third-order valence-corrected chi connectivity index (χ3v) is 6.22. The zero-order valence-electron chi connectivity index (χ0n) is 20.4. The van der Waals surface area contributed by atoms with E-state index in [1.165, 1.54) is 12.0 Å². The van der Waals surface area contributed by atoms with Gasteiger partial charge in [0.1, 0.15) is 11.3 Å². The molecule has 1 atom stereocenters. The maximum absolute atomic E-state index is 13.3. The Labute approximate surface area is 203 Å². The lowest BCUT2D eigenvalue weighted by Gasteiger charge is -2.26. The van der Waals surface area contributed by atoms with Crippen LogP contribution in [0.5, 0.6) is 0 Å². The number of rotatable bonds is 6. The highest BCUT2D eigenvalue weighted by molar-refractivity contribution is 6.46. The van der Waals surface area contributed by atoms with Crippen LogP contribution in [0.3, 0.4) is 0 Å². The van der Waals surface area contributed by atoms with Gasteiger partial charge in [-0.3, -0.25) is 14.0 Å². The number of pyridine rings is 1. The molecule has 4 rings (SSSR count). The number of ether oxygens (including phenoxy) is 1. The fourth-order valence-electron chi connectivity index (χ4n) is 4.41. The number of hydrogen-bond donors (Lipinski definition) is 1. The number of Topliss-reactive ketones (excluding diaryl/α,β-unsaturated/α-hetero) is 1. The van der Waals surface area contributed by atoms with Crippen LogP contribution in [0, 0.1) is 13.8 Å². The van der Waals surface area contributed by atoms with E-state index in [1.807, 2.05) is 38.1 Å². The van der Waals surface area contributed by atoms with Gasteiger partial charge in [0.25, 0.3) is 11.7 Å².